The van der Waals surface area contributed by atoms with Gasteiger partial charge in [-0.1, -0.05) is 17.6 Å². The molecule has 3 aromatic rings. The number of benzene rings is 1. The molecular formula is C22H28N4O2. The summed E-state index contributed by atoms with van der Waals surface area (Å²) in [5.41, 5.74) is 2.05. The molecule has 0 bridgehead atoms. The molecule has 6 heteroatoms. The monoisotopic (exact) mass is 380 g/mol. The third-order valence-corrected chi connectivity index (χ3v) is 4.56. The summed E-state index contributed by atoms with van der Waals surface area (Å²) in [6.07, 6.45) is 8.38. The van der Waals surface area contributed by atoms with Crippen LogP contribution in [0.25, 0.3) is 11.5 Å². The summed E-state index contributed by atoms with van der Waals surface area (Å²) < 4.78 is 10.9. The Labute approximate surface area is 166 Å². The highest BCUT2D eigenvalue weighted by atomic mass is 16.5. The zero-order valence-corrected chi connectivity index (χ0v) is 16.5. The van der Waals surface area contributed by atoms with Crippen molar-refractivity contribution in [3.05, 3.63) is 61.1 Å². The van der Waals surface area contributed by atoms with Gasteiger partial charge in [-0.2, -0.15) is 4.98 Å². The van der Waals surface area contributed by atoms with Gasteiger partial charge in [0.2, 0.25) is 0 Å². The second-order valence-electron chi connectivity index (χ2n) is 6.91. The molecule has 1 aliphatic carbocycles. The second-order valence-corrected chi connectivity index (χ2v) is 6.91. The van der Waals surface area contributed by atoms with Crippen LogP contribution in [0.1, 0.15) is 55.5 Å². The van der Waals surface area contributed by atoms with Gasteiger partial charge in [-0.05, 0) is 50.8 Å². The van der Waals surface area contributed by atoms with Crippen molar-refractivity contribution in [1.29, 1.82) is 0 Å². The van der Waals surface area contributed by atoms with Crippen LogP contribution >= 0.6 is 0 Å². The molecule has 1 fully saturated rings. The molecule has 2 heterocycles. The Kier molecular flexibility index (Phi) is 7.00. The number of hydrogen-bond acceptors (Lipinski definition) is 6. The molecule has 0 spiro atoms. The molecule has 2 aromatic heterocycles. The molecule has 1 saturated carbocycles. The van der Waals surface area contributed by atoms with Crippen LogP contribution in [0.5, 0.6) is 0 Å². The topological polar surface area (TPSA) is 77.0 Å². The number of unbranched alkanes of at least 4 members (excludes halogenated alkanes) is 2. The average molecular weight is 380 g/mol. The molecule has 1 N–H and O–H groups in total. The first-order valence-corrected chi connectivity index (χ1v) is 9.87. The zero-order chi connectivity index (χ0) is 19.8. The molecule has 1 aromatic carbocycles. The lowest BCUT2D eigenvalue weighted by Gasteiger charge is -2.07. The van der Waals surface area contributed by atoms with Crippen LogP contribution < -0.4 is 5.32 Å². The van der Waals surface area contributed by atoms with Gasteiger partial charge in [0.05, 0.1) is 6.20 Å². The summed E-state index contributed by atoms with van der Waals surface area (Å²) in [5.74, 6) is 3.69. The number of anilines is 1. The van der Waals surface area contributed by atoms with Crippen LogP contribution in [0.4, 0.5) is 5.69 Å². The number of aryl methyl sites for hydroxylation is 2. The zero-order valence-electron chi connectivity index (χ0n) is 16.5. The van der Waals surface area contributed by atoms with Gasteiger partial charge in [-0.25, -0.2) is 4.98 Å². The van der Waals surface area contributed by atoms with Gasteiger partial charge in [0.15, 0.2) is 11.7 Å². The Morgan fingerprint density at radius 3 is 2.79 bits per heavy atom. The molecule has 148 valence electrons. The molecule has 4 rings (SSSR count). The highest BCUT2D eigenvalue weighted by molar-refractivity contribution is 5.61. The summed E-state index contributed by atoms with van der Waals surface area (Å²) in [5, 5.41) is 7.56. The maximum atomic E-state index is 5.49. The van der Waals surface area contributed by atoms with E-state index < -0.39 is 0 Å². The van der Waals surface area contributed by atoms with Crippen molar-refractivity contribution in [3.8, 4) is 11.5 Å². The fourth-order valence-electron chi connectivity index (χ4n) is 2.95. The summed E-state index contributed by atoms with van der Waals surface area (Å²) in [7, 11) is 0. The Hall–Kier alpha value is -2.89. The molecule has 0 saturated heterocycles. The first-order chi connectivity index (χ1) is 13.8. The fourth-order valence-corrected chi connectivity index (χ4v) is 2.95. The van der Waals surface area contributed by atoms with Gasteiger partial charge in [-0.15, -0.1) is 13.2 Å². The van der Waals surface area contributed by atoms with E-state index in [0.717, 1.165) is 61.0 Å². The predicted molar refractivity (Wildman–Crippen MR) is 110 cm³/mol. The summed E-state index contributed by atoms with van der Waals surface area (Å²) in [4.78, 5) is 8.75. The van der Waals surface area contributed by atoms with E-state index >= 15 is 0 Å². The third kappa shape index (κ3) is 5.55. The summed E-state index contributed by atoms with van der Waals surface area (Å²) >= 11 is 0. The van der Waals surface area contributed by atoms with Crippen molar-refractivity contribution in [2.75, 3.05) is 11.9 Å². The van der Waals surface area contributed by atoms with Gasteiger partial charge >= 0.3 is 0 Å². The van der Waals surface area contributed by atoms with Crippen LogP contribution in [0.2, 0.25) is 0 Å². The standard InChI is InChI=1S/C20H24N4O2.C2H4/c1-14-13-22-18(25-14)8-3-2-4-11-21-17-7-5-6-16(12-17)20-23-19(24-26-20)15-9-10-15;1-2/h5-7,12-13,15,21H,2-4,8-11H2,1H3;1-2H2. The number of nitrogens with zero attached hydrogens (tertiary/aromatic N) is 3. The van der Waals surface area contributed by atoms with Crippen LogP contribution in [-0.4, -0.2) is 21.7 Å². The van der Waals surface area contributed by atoms with E-state index in [0.29, 0.717) is 11.8 Å². The minimum atomic E-state index is 0.508. The second kappa shape index (κ2) is 9.88. The van der Waals surface area contributed by atoms with E-state index in [1.54, 1.807) is 6.20 Å². The molecular weight excluding hydrogens is 352 g/mol. The first-order valence-electron chi connectivity index (χ1n) is 9.87. The largest absolute Gasteiger partial charge is 0.446 e. The Bertz CT molecular complexity index is 867. The maximum absolute atomic E-state index is 5.49. The molecule has 0 aliphatic heterocycles. The molecule has 0 atom stereocenters. The highest BCUT2D eigenvalue weighted by Gasteiger charge is 2.28. The predicted octanol–water partition coefficient (Wildman–Crippen LogP) is 5.54. The highest BCUT2D eigenvalue weighted by Crippen LogP contribution is 2.38. The van der Waals surface area contributed by atoms with Gasteiger partial charge in [-0.3, -0.25) is 0 Å². The first kappa shape index (κ1) is 19.9. The van der Waals surface area contributed by atoms with Crippen molar-refractivity contribution < 1.29 is 8.94 Å². The van der Waals surface area contributed by atoms with Crippen molar-refractivity contribution in [3.63, 3.8) is 0 Å². The van der Waals surface area contributed by atoms with Crippen molar-refractivity contribution in [2.24, 2.45) is 0 Å². The van der Waals surface area contributed by atoms with Crippen LogP contribution in [0.15, 0.2) is 52.6 Å². The number of oxazole rings is 1. The Balaban J connectivity index is 0.00000109. The molecule has 0 radical (unpaired) electrons. The van der Waals surface area contributed by atoms with E-state index in [9.17, 15) is 0 Å². The molecule has 6 nitrogen and oxygen atoms in total. The minimum Gasteiger partial charge on any atom is -0.446 e. The molecule has 0 amide bonds. The van der Waals surface area contributed by atoms with Gasteiger partial charge < -0.3 is 14.3 Å². The minimum absolute atomic E-state index is 0.508. The summed E-state index contributed by atoms with van der Waals surface area (Å²) in [6, 6.07) is 8.16. The average Bonchev–Trinajstić information content (AvgIpc) is 3.31. The number of nitrogens with one attached hydrogen (secondary N) is 1. The third-order valence-electron chi connectivity index (χ3n) is 4.56. The normalized spacial score (nSPS) is 13.0. The number of hydrogen-bond donors (Lipinski definition) is 1. The lowest BCUT2D eigenvalue weighted by atomic mass is 10.1. The quantitative estimate of drug-likeness (QED) is 0.388. The molecule has 0 unspecified atom stereocenters. The number of aromatic nitrogens is 3. The van der Waals surface area contributed by atoms with Crippen molar-refractivity contribution in [1.82, 2.24) is 15.1 Å². The maximum Gasteiger partial charge on any atom is 0.258 e. The lowest BCUT2D eigenvalue weighted by molar-refractivity contribution is 0.422. The van der Waals surface area contributed by atoms with Gasteiger partial charge in [0.1, 0.15) is 5.76 Å². The van der Waals surface area contributed by atoms with Crippen molar-refractivity contribution >= 4 is 5.69 Å². The lowest BCUT2D eigenvalue weighted by Crippen LogP contribution is -2.01. The smallest absolute Gasteiger partial charge is 0.258 e. The van der Waals surface area contributed by atoms with E-state index in [-0.39, 0.29) is 0 Å². The van der Waals surface area contributed by atoms with Crippen LogP contribution in [-0.2, 0) is 6.42 Å². The van der Waals surface area contributed by atoms with Gasteiger partial charge in [0, 0.05) is 30.1 Å². The van der Waals surface area contributed by atoms with Crippen molar-refractivity contribution in [2.45, 2.75) is 51.4 Å². The van der Waals surface area contributed by atoms with E-state index in [1.807, 2.05) is 19.1 Å². The Morgan fingerprint density at radius 1 is 1.18 bits per heavy atom. The van der Waals surface area contributed by atoms with Crippen LogP contribution in [0, 0.1) is 6.92 Å². The SMILES string of the molecule is C=C.Cc1cnc(CCCCCNc2cccc(-c3nc(C4CC4)no3)c2)o1. The molecule has 28 heavy (non-hydrogen) atoms. The van der Waals surface area contributed by atoms with Gasteiger partial charge in [0.25, 0.3) is 5.89 Å². The van der Waals surface area contributed by atoms with Crippen LogP contribution in [0.3, 0.4) is 0 Å². The summed E-state index contributed by atoms with van der Waals surface area (Å²) in [6.45, 7) is 8.86. The van der Waals surface area contributed by atoms with E-state index in [1.165, 1.54) is 12.8 Å². The van der Waals surface area contributed by atoms with E-state index in [4.69, 9.17) is 8.94 Å². The molecule has 1 aliphatic rings. The number of rotatable bonds is 9. The fraction of sp³-hybridized carbons (Fsp3) is 0.409. The van der Waals surface area contributed by atoms with E-state index in [2.05, 4.69) is 45.7 Å². The Morgan fingerprint density at radius 2 is 2.04 bits per heavy atom.